The van der Waals surface area contributed by atoms with E-state index in [2.05, 4.69) is 10.3 Å². The van der Waals surface area contributed by atoms with E-state index in [0.717, 1.165) is 35.4 Å². The summed E-state index contributed by atoms with van der Waals surface area (Å²) in [4.78, 5) is 27.1. The molecular weight excluding hydrogens is 482 g/mol. The fraction of sp³-hybridized carbons (Fsp3) is 0.692. The van der Waals surface area contributed by atoms with Gasteiger partial charge in [0, 0.05) is 17.7 Å². The molecule has 0 unspecified atom stereocenters. The highest BCUT2D eigenvalue weighted by Crippen LogP contribution is 2.36. The molecule has 2 aromatic heterocycles. The molecule has 0 amide bonds. The molecule has 7 atom stereocenters. The number of aliphatic hydroxyl groups excluding tert-OH is 2. The standard InChI is InChI=1S/C26H37N3O6S/c1-14-7-6-8-18-20(34-18)10-19(15(2)9-17-13-36-22-12-27-28-29(17)22)35-23(31)11-21(30)26(4,5)25(33)16(3)24(14)32/h9,12-14,16,18-21,24,30,32H,6-8,10-11H2,1-5H3/b15-9+/t14-,16+,18+,19-,20-,21-,24-/m0/s1. The number of Topliss-reactive ketones (excluding diaryl/α,β-unsaturated/α-hetero) is 1. The van der Waals surface area contributed by atoms with Crippen molar-refractivity contribution in [3.05, 3.63) is 22.8 Å². The molecule has 198 valence electrons. The van der Waals surface area contributed by atoms with Crippen LogP contribution in [-0.4, -0.2) is 67.3 Å². The molecule has 2 aliphatic heterocycles. The number of carbonyl (C=O) groups is 2. The lowest BCUT2D eigenvalue weighted by Crippen LogP contribution is -2.45. The van der Waals surface area contributed by atoms with Gasteiger partial charge in [-0.1, -0.05) is 39.3 Å². The number of nitrogens with zero attached hydrogens (tertiary/aromatic N) is 3. The Labute approximate surface area is 215 Å². The predicted molar refractivity (Wildman–Crippen MR) is 135 cm³/mol. The van der Waals surface area contributed by atoms with Crippen LogP contribution in [0.3, 0.4) is 0 Å². The molecule has 2 N–H and O–H groups in total. The predicted octanol–water partition coefficient (Wildman–Crippen LogP) is 3.43. The summed E-state index contributed by atoms with van der Waals surface area (Å²) in [5, 5.41) is 31.7. The van der Waals surface area contributed by atoms with E-state index in [1.807, 2.05) is 25.3 Å². The highest BCUT2D eigenvalue weighted by atomic mass is 32.1. The van der Waals surface area contributed by atoms with Gasteiger partial charge in [-0.15, -0.1) is 16.4 Å². The molecule has 36 heavy (non-hydrogen) atoms. The first kappa shape index (κ1) is 26.9. The fourth-order valence-electron chi connectivity index (χ4n) is 5.09. The Hall–Kier alpha value is -2.14. The number of epoxide rings is 1. The van der Waals surface area contributed by atoms with Crippen LogP contribution in [0.15, 0.2) is 17.2 Å². The van der Waals surface area contributed by atoms with Gasteiger partial charge < -0.3 is 19.7 Å². The van der Waals surface area contributed by atoms with Gasteiger partial charge in [0.25, 0.3) is 0 Å². The van der Waals surface area contributed by atoms with E-state index in [4.69, 9.17) is 9.47 Å². The lowest BCUT2D eigenvalue weighted by Gasteiger charge is -2.34. The second kappa shape index (κ2) is 10.7. The lowest BCUT2D eigenvalue weighted by atomic mass is 9.73. The maximum Gasteiger partial charge on any atom is 0.309 e. The minimum absolute atomic E-state index is 0.0185. The minimum atomic E-state index is -1.24. The first-order valence-electron chi connectivity index (χ1n) is 12.7. The quantitative estimate of drug-likeness (QED) is 0.457. The van der Waals surface area contributed by atoms with Crippen LogP contribution < -0.4 is 0 Å². The summed E-state index contributed by atoms with van der Waals surface area (Å²) in [5.41, 5.74) is 0.468. The summed E-state index contributed by atoms with van der Waals surface area (Å²) in [7, 11) is 0. The number of thiazole rings is 1. The lowest BCUT2D eigenvalue weighted by molar-refractivity contribution is -0.154. The van der Waals surface area contributed by atoms with Crippen molar-refractivity contribution >= 4 is 34.0 Å². The molecule has 0 spiro atoms. The molecule has 0 bridgehead atoms. The molecule has 0 saturated carbocycles. The van der Waals surface area contributed by atoms with Crippen molar-refractivity contribution in [2.75, 3.05) is 0 Å². The number of aliphatic hydroxyl groups is 2. The first-order chi connectivity index (χ1) is 17.0. The number of fused-ring (bicyclic) bond motifs is 2. The number of rotatable bonds is 2. The van der Waals surface area contributed by atoms with Crippen LogP contribution in [0.25, 0.3) is 10.9 Å². The van der Waals surface area contributed by atoms with Crippen molar-refractivity contribution in [1.82, 2.24) is 14.8 Å². The number of carbonyl (C=O) groups excluding carboxylic acids is 2. The van der Waals surface area contributed by atoms with Crippen molar-refractivity contribution in [3.8, 4) is 0 Å². The molecule has 4 rings (SSSR count). The van der Waals surface area contributed by atoms with E-state index in [-0.39, 0.29) is 30.3 Å². The molecular formula is C26H37N3O6S. The van der Waals surface area contributed by atoms with Crippen LogP contribution in [0.4, 0.5) is 0 Å². The van der Waals surface area contributed by atoms with Gasteiger partial charge in [0.05, 0.1) is 48.1 Å². The van der Waals surface area contributed by atoms with E-state index in [1.165, 1.54) is 11.3 Å². The summed E-state index contributed by atoms with van der Waals surface area (Å²) in [5.74, 6) is -1.57. The van der Waals surface area contributed by atoms with Crippen molar-refractivity contribution in [1.29, 1.82) is 0 Å². The number of hydrogen-bond donors (Lipinski definition) is 2. The summed E-state index contributed by atoms with van der Waals surface area (Å²) in [6.07, 6.45) is 3.78. The molecule has 9 nitrogen and oxygen atoms in total. The molecule has 2 aliphatic rings. The maximum atomic E-state index is 13.2. The number of ketones is 1. The molecule has 2 saturated heterocycles. The third-order valence-corrected chi connectivity index (χ3v) is 8.72. The summed E-state index contributed by atoms with van der Waals surface area (Å²) in [6, 6.07) is 0. The van der Waals surface area contributed by atoms with Crippen molar-refractivity contribution in [2.24, 2.45) is 17.3 Å². The molecule has 0 radical (unpaired) electrons. The highest BCUT2D eigenvalue weighted by Gasteiger charge is 2.44. The van der Waals surface area contributed by atoms with E-state index in [9.17, 15) is 19.8 Å². The molecule has 4 heterocycles. The van der Waals surface area contributed by atoms with Gasteiger partial charge >= 0.3 is 5.97 Å². The van der Waals surface area contributed by atoms with Gasteiger partial charge in [-0.05, 0) is 37.3 Å². The number of cyclic esters (lactones) is 1. The normalized spacial score (nSPS) is 34.9. The van der Waals surface area contributed by atoms with Gasteiger partial charge in [0.1, 0.15) is 16.7 Å². The Kier molecular flexibility index (Phi) is 7.99. The van der Waals surface area contributed by atoms with Crippen LogP contribution in [-0.2, 0) is 19.1 Å². The van der Waals surface area contributed by atoms with Crippen molar-refractivity contribution < 1.29 is 29.3 Å². The van der Waals surface area contributed by atoms with Gasteiger partial charge in [-0.3, -0.25) is 9.59 Å². The third kappa shape index (κ3) is 5.72. The number of hydrogen-bond acceptors (Lipinski definition) is 9. The summed E-state index contributed by atoms with van der Waals surface area (Å²) < 4.78 is 13.5. The minimum Gasteiger partial charge on any atom is -0.458 e. The van der Waals surface area contributed by atoms with E-state index < -0.39 is 35.6 Å². The smallest absolute Gasteiger partial charge is 0.309 e. The Balaban J connectivity index is 1.56. The van der Waals surface area contributed by atoms with Gasteiger partial charge in [0.2, 0.25) is 0 Å². The zero-order valence-corrected chi connectivity index (χ0v) is 22.4. The molecule has 2 fully saturated rings. The Morgan fingerprint density at radius 2 is 1.97 bits per heavy atom. The molecule has 0 aromatic carbocycles. The Morgan fingerprint density at radius 3 is 2.72 bits per heavy atom. The molecule has 2 aromatic rings. The highest BCUT2D eigenvalue weighted by molar-refractivity contribution is 7.15. The average Bonchev–Trinajstić information content (AvgIpc) is 3.21. The third-order valence-electron chi connectivity index (χ3n) is 7.84. The van der Waals surface area contributed by atoms with Gasteiger partial charge in [-0.2, -0.15) is 0 Å². The second-order valence-electron chi connectivity index (χ2n) is 11.0. The number of aromatic nitrogens is 3. The average molecular weight is 520 g/mol. The monoisotopic (exact) mass is 519 g/mol. The van der Waals surface area contributed by atoms with E-state index in [1.54, 1.807) is 31.5 Å². The zero-order valence-electron chi connectivity index (χ0n) is 21.6. The van der Waals surface area contributed by atoms with Crippen LogP contribution in [0.2, 0.25) is 0 Å². The largest absolute Gasteiger partial charge is 0.458 e. The van der Waals surface area contributed by atoms with Crippen LogP contribution in [0, 0.1) is 17.3 Å². The summed E-state index contributed by atoms with van der Waals surface area (Å²) in [6.45, 7) is 8.79. The van der Waals surface area contributed by atoms with Gasteiger partial charge in [0.15, 0.2) is 0 Å². The summed E-state index contributed by atoms with van der Waals surface area (Å²) >= 11 is 1.52. The van der Waals surface area contributed by atoms with E-state index >= 15 is 0 Å². The number of esters is 1. The zero-order chi connectivity index (χ0) is 26.2. The maximum absolute atomic E-state index is 13.2. The van der Waals surface area contributed by atoms with Crippen LogP contribution in [0.1, 0.15) is 72.4 Å². The second-order valence-corrected chi connectivity index (χ2v) is 11.8. The number of ether oxygens (including phenoxy) is 2. The fourth-order valence-corrected chi connectivity index (χ4v) is 5.84. The van der Waals surface area contributed by atoms with E-state index in [0.29, 0.717) is 6.42 Å². The topological polar surface area (TPSA) is 127 Å². The molecule has 10 heteroatoms. The SMILES string of the molecule is C/C(=C\c1csc2cnnn12)[C@@H]1C[C@@H]2O[C@@H]2CCC[C@H](C)[C@H](O)[C@@H](C)C(=O)C(C)(C)[C@@H](O)CC(=O)O1. The van der Waals surface area contributed by atoms with Gasteiger partial charge in [-0.25, -0.2) is 4.52 Å². The molecule has 0 aliphatic carbocycles. The van der Waals surface area contributed by atoms with Crippen LogP contribution in [0.5, 0.6) is 0 Å². The van der Waals surface area contributed by atoms with Crippen molar-refractivity contribution in [3.63, 3.8) is 0 Å². The van der Waals surface area contributed by atoms with Crippen LogP contribution >= 0.6 is 11.3 Å². The van der Waals surface area contributed by atoms with Crippen molar-refractivity contribution in [2.45, 2.75) is 97.2 Å². The first-order valence-corrected chi connectivity index (χ1v) is 13.6. The Morgan fingerprint density at radius 1 is 1.22 bits per heavy atom. The Bertz CT molecular complexity index is 1120.